The third-order valence-electron chi connectivity index (χ3n) is 5.08. The Bertz CT molecular complexity index is 512. The molecule has 2 fully saturated rings. The van der Waals surface area contributed by atoms with E-state index in [1.54, 1.807) is 17.1 Å². The summed E-state index contributed by atoms with van der Waals surface area (Å²) >= 11 is 5.87. The summed E-state index contributed by atoms with van der Waals surface area (Å²) in [4.78, 5) is 17.3. The molecule has 0 aromatic carbocycles. The Labute approximate surface area is 143 Å². The summed E-state index contributed by atoms with van der Waals surface area (Å²) in [7, 11) is 0. The van der Waals surface area contributed by atoms with Crippen LogP contribution >= 0.6 is 11.6 Å². The monoisotopic (exact) mass is 338 g/mol. The van der Waals surface area contributed by atoms with Crippen LogP contribution < -0.4 is 0 Å². The van der Waals surface area contributed by atoms with Crippen LogP contribution in [0.25, 0.3) is 0 Å². The smallest absolute Gasteiger partial charge is 0.224 e. The van der Waals surface area contributed by atoms with E-state index in [1.165, 1.54) is 32.4 Å². The van der Waals surface area contributed by atoms with Crippen LogP contribution in [0.4, 0.5) is 0 Å². The normalized spacial score (nSPS) is 22.7. The highest BCUT2D eigenvalue weighted by atomic mass is 35.5. The first kappa shape index (κ1) is 16.8. The number of amides is 1. The lowest BCUT2D eigenvalue weighted by Gasteiger charge is -2.36. The lowest BCUT2D eigenvalue weighted by atomic mass is 9.98. The predicted octanol–water partition coefficient (Wildman–Crippen LogP) is 2.79. The minimum absolute atomic E-state index is 0.266. The molecule has 23 heavy (non-hydrogen) atoms. The Hall–Kier alpha value is -1.07. The molecule has 1 aromatic rings. The summed E-state index contributed by atoms with van der Waals surface area (Å²) in [6.45, 7) is 5.15. The molecule has 1 aromatic heterocycles. The zero-order valence-electron chi connectivity index (χ0n) is 13.8. The summed E-state index contributed by atoms with van der Waals surface area (Å²) in [6, 6.07) is 0.429. The summed E-state index contributed by atoms with van der Waals surface area (Å²) in [6.07, 6.45) is 11.2. The van der Waals surface area contributed by atoms with Gasteiger partial charge in [-0.05, 0) is 51.6 Å². The van der Waals surface area contributed by atoms with E-state index in [2.05, 4.69) is 14.9 Å². The van der Waals surface area contributed by atoms with E-state index in [-0.39, 0.29) is 5.91 Å². The van der Waals surface area contributed by atoms with Crippen LogP contribution in [0, 0.1) is 0 Å². The fourth-order valence-corrected chi connectivity index (χ4v) is 3.94. The fourth-order valence-electron chi connectivity index (χ4n) is 3.78. The zero-order chi connectivity index (χ0) is 16.1. The highest BCUT2D eigenvalue weighted by Crippen LogP contribution is 2.22. The maximum Gasteiger partial charge on any atom is 0.224 e. The first-order valence-electron chi connectivity index (χ1n) is 8.92. The fraction of sp³-hybridized carbons (Fsp3) is 0.765. The third-order valence-corrected chi connectivity index (χ3v) is 5.28. The van der Waals surface area contributed by atoms with Gasteiger partial charge in [0.15, 0.2) is 0 Å². The lowest BCUT2D eigenvalue weighted by Crippen LogP contribution is -2.45. The van der Waals surface area contributed by atoms with E-state index in [1.807, 2.05) is 0 Å². The van der Waals surface area contributed by atoms with E-state index >= 15 is 0 Å². The lowest BCUT2D eigenvalue weighted by molar-refractivity contribution is -0.135. The minimum atomic E-state index is 0.266. The Kier molecular flexibility index (Phi) is 5.95. The molecule has 6 heteroatoms. The molecule has 1 atom stereocenters. The van der Waals surface area contributed by atoms with Gasteiger partial charge in [-0.25, -0.2) is 0 Å². The number of aromatic nitrogens is 2. The molecule has 1 amide bonds. The standard InChI is InChI=1S/C17H27ClN4O/c18-15-13-19-21(14-15)12-7-17(23)22-10-2-1-5-16(22)6-11-20-8-3-4-9-20/h13-14,16H,1-12H2/t16-/m1/s1. The van der Waals surface area contributed by atoms with E-state index in [0.29, 0.717) is 24.0 Å². The number of likely N-dealkylation sites (tertiary alicyclic amines) is 2. The van der Waals surface area contributed by atoms with E-state index in [4.69, 9.17) is 11.6 Å². The van der Waals surface area contributed by atoms with Gasteiger partial charge in [0.05, 0.1) is 11.2 Å². The molecule has 0 radical (unpaired) electrons. The number of aryl methyl sites for hydroxylation is 1. The number of nitrogens with zero attached hydrogens (tertiary/aromatic N) is 4. The zero-order valence-corrected chi connectivity index (χ0v) is 14.5. The van der Waals surface area contributed by atoms with Gasteiger partial charge in [-0.2, -0.15) is 5.10 Å². The van der Waals surface area contributed by atoms with Crippen LogP contribution in [0.1, 0.15) is 44.9 Å². The van der Waals surface area contributed by atoms with Crippen molar-refractivity contribution in [3.05, 3.63) is 17.4 Å². The Morgan fingerprint density at radius 1 is 1.17 bits per heavy atom. The molecule has 3 heterocycles. The number of hydrogen-bond acceptors (Lipinski definition) is 3. The van der Waals surface area contributed by atoms with Crippen molar-refractivity contribution in [2.75, 3.05) is 26.2 Å². The van der Waals surface area contributed by atoms with Crippen molar-refractivity contribution < 1.29 is 4.79 Å². The summed E-state index contributed by atoms with van der Waals surface area (Å²) < 4.78 is 1.75. The molecule has 0 bridgehead atoms. The molecular weight excluding hydrogens is 312 g/mol. The first-order chi connectivity index (χ1) is 11.2. The van der Waals surface area contributed by atoms with Crippen molar-refractivity contribution in [1.29, 1.82) is 0 Å². The van der Waals surface area contributed by atoms with Gasteiger partial charge >= 0.3 is 0 Å². The molecule has 128 valence electrons. The van der Waals surface area contributed by atoms with Gasteiger partial charge in [-0.3, -0.25) is 9.48 Å². The van der Waals surface area contributed by atoms with Gasteiger partial charge in [-0.15, -0.1) is 0 Å². The second kappa shape index (κ2) is 8.15. The van der Waals surface area contributed by atoms with Crippen molar-refractivity contribution >= 4 is 17.5 Å². The van der Waals surface area contributed by atoms with Gasteiger partial charge in [-0.1, -0.05) is 11.6 Å². The van der Waals surface area contributed by atoms with Crippen LogP contribution in [-0.2, 0) is 11.3 Å². The number of rotatable bonds is 6. The van der Waals surface area contributed by atoms with Crippen LogP contribution in [0.15, 0.2) is 12.4 Å². The second-order valence-corrected chi connectivity index (χ2v) is 7.18. The highest BCUT2D eigenvalue weighted by Gasteiger charge is 2.27. The van der Waals surface area contributed by atoms with Crippen molar-refractivity contribution in [3.63, 3.8) is 0 Å². The molecule has 2 aliphatic rings. The van der Waals surface area contributed by atoms with E-state index < -0.39 is 0 Å². The average Bonchev–Trinajstić information content (AvgIpc) is 3.22. The van der Waals surface area contributed by atoms with Crippen LogP contribution in [0.5, 0.6) is 0 Å². The molecule has 5 nitrogen and oxygen atoms in total. The third kappa shape index (κ3) is 4.70. The maximum absolute atomic E-state index is 12.6. The highest BCUT2D eigenvalue weighted by molar-refractivity contribution is 6.30. The second-order valence-electron chi connectivity index (χ2n) is 6.75. The molecule has 2 saturated heterocycles. The molecular formula is C17H27ClN4O. The molecule has 0 saturated carbocycles. The van der Waals surface area contributed by atoms with Crippen molar-refractivity contribution in [3.8, 4) is 0 Å². The largest absolute Gasteiger partial charge is 0.340 e. The van der Waals surface area contributed by atoms with E-state index in [9.17, 15) is 4.79 Å². The van der Waals surface area contributed by atoms with Crippen LogP contribution in [-0.4, -0.2) is 57.7 Å². The molecule has 2 aliphatic heterocycles. The van der Waals surface area contributed by atoms with Gasteiger partial charge in [0.1, 0.15) is 0 Å². The molecule has 0 spiro atoms. The Balaban J connectivity index is 1.49. The van der Waals surface area contributed by atoms with Crippen molar-refractivity contribution in [1.82, 2.24) is 19.6 Å². The van der Waals surface area contributed by atoms with Crippen molar-refractivity contribution in [2.45, 2.75) is 57.5 Å². The topological polar surface area (TPSA) is 41.4 Å². The van der Waals surface area contributed by atoms with Crippen molar-refractivity contribution in [2.24, 2.45) is 0 Å². The van der Waals surface area contributed by atoms with Crippen LogP contribution in [0.2, 0.25) is 5.02 Å². The van der Waals surface area contributed by atoms with Gasteiger partial charge < -0.3 is 9.80 Å². The molecule has 0 N–H and O–H groups in total. The molecule has 0 unspecified atom stereocenters. The van der Waals surface area contributed by atoms with Gasteiger partial charge in [0.25, 0.3) is 0 Å². The van der Waals surface area contributed by atoms with Crippen LogP contribution in [0.3, 0.4) is 0 Å². The number of carbonyl (C=O) groups excluding carboxylic acids is 1. The summed E-state index contributed by atoms with van der Waals surface area (Å²) in [5, 5.41) is 4.77. The number of piperidine rings is 1. The Morgan fingerprint density at radius 3 is 2.70 bits per heavy atom. The number of carbonyl (C=O) groups is 1. The van der Waals surface area contributed by atoms with E-state index in [0.717, 1.165) is 32.4 Å². The Morgan fingerprint density at radius 2 is 1.96 bits per heavy atom. The SMILES string of the molecule is O=C(CCn1cc(Cl)cn1)N1CCCC[C@@H]1CCN1CCCC1. The minimum Gasteiger partial charge on any atom is -0.340 e. The van der Waals surface area contributed by atoms with Gasteiger partial charge in [0, 0.05) is 38.3 Å². The first-order valence-corrected chi connectivity index (χ1v) is 9.30. The average molecular weight is 339 g/mol. The number of hydrogen-bond donors (Lipinski definition) is 0. The predicted molar refractivity (Wildman–Crippen MR) is 91.5 cm³/mol. The maximum atomic E-state index is 12.6. The molecule has 3 rings (SSSR count). The summed E-state index contributed by atoms with van der Waals surface area (Å²) in [5.41, 5.74) is 0. The number of halogens is 1. The quantitative estimate of drug-likeness (QED) is 0.801. The summed E-state index contributed by atoms with van der Waals surface area (Å²) in [5.74, 6) is 0.266. The molecule has 0 aliphatic carbocycles. The van der Waals surface area contributed by atoms with Gasteiger partial charge in [0.2, 0.25) is 5.91 Å².